The van der Waals surface area contributed by atoms with Crippen LogP contribution in [0, 0.1) is 5.92 Å². The number of hydrogen-bond acceptors (Lipinski definition) is 5. The molecule has 17 heavy (non-hydrogen) atoms. The number of carbonyl (C=O) groups excluding carboxylic acids is 2. The maximum Gasteiger partial charge on any atom is 0.410 e. The average Bonchev–Trinajstić information content (AvgIpc) is 3.02. The summed E-state index contributed by atoms with van der Waals surface area (Å²) >= 11 is 0. The number of fused-ring (bicyclic) bond motifs is 3. The van der Waals surface area contributed by atoms with Crippen LogP contribution in [0.2, 0.25) is 0 Å². The second kappa shape index (κ2) is 3.68. The van der Waals surface area contributed by atoms with Gasteiger partial charge in [0.15, 0.2) is 5.78 Å². The van der Waals surface area contributed by atoms with Crippen molar-refractivity contribution in [3.8, 4) is 0 Å². The predicted octanol–water partition coefficient (Wildman–Crippen LogP) is -0.456. The van der Waals surface area contributed by atoms with Gasteiger partial charge in [-0.3, -0.25) is 4.79 Å². The SMILES string of the molecule is CCOC(=O)N1CCC(O)C2C(=O)[C@H]3O[C@H]3[C@H]21. The standard InChI is InChI=1S/C11H15NO5/c1-2-16-11(15)12-4-3-5(13)6-7(12)9-10(17-9)8(6)14/h5-7,9-10,13H,2-4H2,1H3/t5?,6?,7-,9-,10+/m0/s1. The van der Waals surface area contributed by atoms with Gasteiger partial charge >= 0.3 is 6.09 Å². The van der Waals surface area contributed by atoms with Gasteiger partial charge in [-0.15, -0.1) is 0 Å². The van der Waals surface area contributed by atoms with Crippen molar-refractivity contribution in [3.63, 3.8) is 0 Å². The van der Waals surface area contributed by atoms with Crippen molar-refractivity contribution in [1.29, 1.82) is 0 Å². The van der Waals surface area contributed by atoms with E-state index >= 15 is 0 Å². The summed E-state index contributed by atoms with van der Waals surface area (Å²) in [7, 11) is 0. The zero-order valence-corrected chi connectivity index (χ0v) is 9.54. The van der Waals surface area contributed by atoms with Gasteiger partial charge in [0.2, 0.25) is 0 Å². The highest BCUT2D eigenvalue weighted by Gasteiger charge is 2.67. The van der Waals surface area contributed by atoms with Gasteiger partial charge < -0.3 is 19.5 Å². The number of carbonyl (C=O) groups is 2. The third kappa shape index (κ3) is 1.47. The lowest BCUT2D eigenvalue weighted by atomic mass is 9.88. The first kappa shape index (κ1) is 11.0. The van der Waals surface area contributed by atoms with Crippen molar-refractivity contribution in [2.75, 3.05) is 13.2 Å². The molecule has 5 atom stereocenters. The zero-order chi connectivity index (χ0) is 12.2. The molecule has 1 N–H and O–H groups in total. The second-order valence-electron chi connectivity index (χ2n) is 4.69. The molecule has 0 aromatic heterocycles. The topological polar surface area (TPSA) is 79.4 Å². The number of ether oxygens (including phenoxy) is 2. The molecule has 0 bridgehead atoms. The third-order valence-electron chi connectivity index (χ3n) is 3.78. The Bertz CT molecular complexity index is 371. The Morgan fingerprint density at radius 2 is 2.41 bits per heavy atom. The van der Waals surface area contributed by atoms with Gasteiger partial charge in [0, 0.05) is 6.54 Å². The Balaban J connectivity index is 1.83. The number of rotatable bonds is 1. The molecule has 1 amide bonds. The summed E-state index contributed by atoms with van der Waals surface area (Å²) in [5.41, 5.74) is 0. The van der Waals surface area contributed by atoms with Gasteiger partial charge in [-0.2, -0.15) is 0 Å². The van der Waals surface area contributed by atoms with Gasteiger partial charge in [0.05, 0.1) is 24.7 Å². The van der Waals surface area contributed by atoms with Crippen LogP contribution in [0.15, 0.2) is 0 Å². The Kier molecular flexibility index (Phi) is 2.38. The largest absolute Gasteiger partial charge is 0.450 e. The molecule has 1 saturated carbocycles. The van der Waals surface area contributed by atoms with E-state index in [1.807, 2.05) is 0 Å². The molecule has 0 spiro atoms. The molecule has 6 heteroatoms. The van der Waals surface area contributed by atoms with Crippen LogP contribution in [-0.2, 0) is 14.3 Å². The summed E-state index contributed by atoms with van der Waals surface area (Å²) in [5, 5.41) is 9.86. The van der Waals surface area contributed by atoms with E-state index in [0.29, 0.717) is 19.6 Å². The number of hydrogen-bond donors (Lipinski definition) is 1. The minimum absolute atomic E-state index is 0.0681. The monoisotopic (exact) mass is 241 g/mol. The smallest absolute Gasteiger partial charge is 0.410 e. The Hall–Kier alpha value is -1.14. The summed E-state index contributed by atoms with van der Waals surface area (Å²) in [6.07, 6.45) is -1.29. The van der Waals surface area contributed by atoms with Crippen LogP contribution in [0.1, 0.15) is 13.3 Å². The van der Waals surface area contributed by atoms with Crippen LogP contribution in [0.5, 0.6) is 0 Å². The fourth-order valence-corrected chi connectivity index (χ4v) is 2.98. The van der Waals surface area contributed by atoms with Crippen LogP contribution >= 0.6 is 0 Å². The molecule has 94 valence electrons. The molecule has 2 aliphatic heterocycles. The molecule has 3 aliphatic rings. The van der Waals surface area contributed by atoms with Crippen molar-refractivity contribution < 1.29 is 24.2 Å². The number of amides is 1. The molecular formula is C11H15NO5. The molecule has 2 saturated heterocycles. The summed E-state index contributed by atoms with van der Waals surface area (Å²) in [4.78, 5) is 25.2. The number of ketones is 1. The van der Waals surface area contributed by atoms with Gasteiger partial charge in [0.25, 0.3) is 0 Å². The summed E-state index contributed by atoms with van der Waals surface area (Å²) in [6.45, 7) is 2.46. The maximum atomic E-state index is 11.9. The van der Waals surface area contributed by atoms with Crippen LogP contribution in [-0.4, -0.2) is 59.4 Å². The molecule has 1 aliphatic carbocycles. The summed E-state index contributed by atoms with van der Waals surface area (Å²) in [6, 6.07) is -0.338. The maximum absolute atomic E-state index is 11.9. The predicted molar refractivity (Wildman–Crippen MR) is 55.3 cm³/mol. The molecule has 0 aromatic carbocycles. The highest BCUT2D eigenvalue weighted by molar-refractivity contribution is 5.93. The fraction of sp³-hybridized carbons (Fsp3) is 0.818. The van der Waals surface area contributed by atoms with E-state index < -0.39 is 24.2 Å². The Morgan fingerprint density at radius 1 is 1.65 bits per heavy atom. The van der Waals surface area contributed by atoms with Crippen LogP contribution in [0.25, 0.3) is 0 Å². The first-order valence-electron chi connectivity index (χ1n) is 5.95. The zero-order valence-electron chi connectivity index (χ0n) is 9.54. The van der Waals surface area contributed by atoms with Crippen molar-refractivity contribution in [3.05, 3.63) is 0 Å². The molecule has 3 fully saturated rings. The molecule has 6 nitrogen and oxygen atoms in total. The second-order valence-corrected chi connectivity index (χ2v) is 4.69. The molecule has 0 radical (unpaired) electrons. The van der Waals surface area contributed by atoms with Gasteiger partial charge in [-0.05, 0) is 13.3 Å². The number of Topliss-reactive ketones (excluding diaryl/α,β-unsaturated/α-hetero) is 1. The number of likely N-dealkylation sites (tertiary alicyclic amines) is 1. The van der Waals surface area contributed by atoms with Gasteiger partial charge in [-0.1, -0.05) is 0 Å². The highest BCUT2D eigenvalue weighted by atomic mass is 16.6. The van der Waals surface area contributed by atoms with Crippen molar-refractivity contribution >= 4 is 11.9 Å². The number of aliphatic hydroxyl groups is 1. The fourth-order valence-electron chi connectivity index (χ4n) is 2.98. The van der Waals surface area contributed by atoms with E-state index in [-0.39, 0.29) is 17.9 Å². The quantitative estimate of drug-likeness (QED) is 0.629. The lowest BCUT2D eigenvalue weighted by Gasteiger charge is -2.39. The van der Waals surface area contributed by atoms with Crippen molar-refractivity contribution in [2.45, 2.75) is 37.7 Å². The number of nitrogens with zero attached hydrogens (tertiary/aromatic N) is 1. The number of aliphatic hydroxyl groups excluding tert-OH is 1. The van der Waals surface area contributed by atoms with E-state index in [2.05, 4.69) is 0 Å². The van der Waals surface area contributed by atoms with E-state index in [9.17, 15) is 14.7 Å². The van der Waals surface area contributed by atoms with E-state index in [0.717, 1.165) is 0 Å². The number of piperidine rings is 1. The normalized spacial score (nSPS) is 43.1. The Labute approximate surface area is 98.5 Å². The van der Waals surface area contributed by atoms with Crippen LogP contribution in [0.3, 0.4) is 0 Å². The molecule has 2 unspecified atom stereocenters. The van der Waals surface area contributed by atoms with Gasteiger partial charge in [-0.25, -0.2) is 4.79 Å². The minimum atomic E-state index is -0.658. The minimum Gasteiger partial charge on any atom is -0.450 e. The third-order valence-corrected chi connectivity index (χ3v) is 3.78. The van der Waals surface area contributed by atoms with Gasteiger partial charge in [0.1, 0.15) is 12.2 Å². The van der Waals surface area contributed by atoms with Crippen molar-refractivity contribution in [2.24, 2.45) is 5.92 Å². The van der Waals surface area contributed by atoms with E-state index in [1.54, 1.807) is 6.92 Å². The van der Waals surface area contributed by atoms with Crippen molar-refractivity contribution in [1.82, 2.24) is 4.90 Å². The first-order valence-corrected chi connectivity index (χ1v) is 5.95. The highest BCUT2D eigenvalue weighted by Crippen LogP contribution is 2.46. The van der Waals surface area contributed by atoms with Crippen LogP contribution < -0.4 is 0 Å². The lowest BCUT2D eigenvalue weighted by molar-refractivity contribution is -0.132. The number of epoxide rings is 1. The molecular weight excluding hydrogens is 226 g/mol. The Morgan fingerprint density at radius 3 is 3.12 bits per heavy atom. The van der Waals surface area contributed by atoms with E-state index in [1.165, 1.54) is 4.90 Å². The molecule has 2 heterocycles. The average molecular weight is 241 g/mol. The summed E-state index contributed by atoms with van der Waals surface area (Å²) in [5.74, 6) is -0.557. The first-order chi connectivity index (χ1) is 8.15. The molecule has 3 rings (SSSR count). The van der Waals surface area contributed by atoms with Crippen LogP contribution in [0.4, 0.5) is 4.79 Å². The lowest BCUT2D eigenvalue weighted by Crippen LogP contribution is -2.55. The summed E-state index contributed by atoms with van der Waals surface area (Å²) < 4.78 is 10.2. The molecule has 0 aromatic rings. The van der Waals surface area contributed by atoms with E-state index in [4.69, 9.17) is 9.47 Å².